The van der Waals surface area contributed by atoms with Gasteiger partial charge in [0.1, 0.15) is 16.7 Å². The van der Waals surface area contributed by atoms with Crippen molar-refractivity contribution in [1.82, 2.24) is 5.32 Å². The molecule has 3 amide bonds. The minimum Gasteiger partial charge on any atom is -0.492 e. The van der Waals surface area contributed by atoms with Crippen molar-refractivity contribution in [3.05, 3.63) is 160 Å². The number of carbonyl (C=O) groups excluding carboxylic acids is 3. The molecule has 5 aromatic rings. The normalized spacial score (nSPS) is 11.7. The Morgan fingerprint density at radius 2 is 1.47 bits per heavy atom. The van der Waals surface area contributed by atoms with Gasteiger partial charge >= 0.3 is 0 Å². The molecule has 47 heavy (non-hydrogen) atoms. The Kier molecular flexibility index (Phi) is 11.6. The summed E-state index contributed by atoms with van der Waals surface area (Å²) in [6.07, 6.45) is 1.62. The Morgan fingerprint density at radius 1 is 0.787 bits per heavy atom. The van der Waals surface area contributed by atoms with Crippen LogP contribution in [0.2, 0.25) is 0 Å². The zero-order valence-electron chi connectivity index (χ0n) is 25.5. The van der Waals surface area contributed by atoms with Crippen molar-refractivity contribution in [2.45, 2.75) is 17.1 Å². The minimum absolute atomic E-state index is 0.0866. The topological polar surface area (TPSA) is 96.5 Å². The molecule has 0 aliphatic heterocycles. The van der Waals surface area contributed by atoms with Crippen LogP contribution in [-0.4, -0.2) is 24.3 Å². The lowest BCUT2D eigenvalue weighted by Gasteiger charge is -2.19. The molecule has 0 aliphatic carbocycles. The van der Waals surface area contributed by atoms with Gasteiger partial charge in [0.25, 0.3) is 11.8 Å². The second-order valence-corrected chi connectivity index (χ2v) is 12.3. The molecule has 5 aromatic carbocycles. The first-order valence-electron chi connectivity index (χ1n) is 14.9. The van der Waals surface area contributed by atoms with Crippen LogP contribution in [0.1, 0.15) is 33.7 Å². The van der Waals surface area contributed by atoms with E-state index in [1.165, 1.54) is 11.8 Å². The lowest BCUT2D eigenvalue weighted by Crippen LogP contribution is -2.30. The largest absolute Gasteiger partial charge is 0.492 e. The summed E-state index contributed by atoms with van der Waals surface area (Å²) in [5.41, 5.74) is 3.23. The van der Waals surface area contributed by atoms with E-state index >= 15 is 0 Å². The fourth-order valence-electron chi connectivity index (χ4n) is 4.61. The Hall–Kier alpha value is -5.12. The standard InChI is InChI=1S/C38H32BrN3O4S/c1-2-46-34-19-10-9-18-32(34)41-38(45)35(27-13-5-3-6-14-27)47-31-22-20-30(21-23-31)40-37(44)33(25-26-12-11-17-29(39)24-26)42-36(43)28-15-7-4-8-16-28/h3-25,35H,2H2,1H3,(H,40,44)(H,41,45)(H,42,43)/b33-25-. The number of nitrogens with one attached hydrogen (secondary N) is 3. The molecular weight excluding hydrogens is 674 g/mol. The van der Waals surface area contributed by atoms with Gasteiger partial charge in [-0.1, -0.05) is 88.7 Å². The lowest BCUT2D eigenvalue weighted by molar-refractivity contribution is -0.116. The van der Waals surface area contributed by atoms with Crippen molar-refractivity contribution in [3.63, 3.8) is 0 Å². The zero-order chi connectivity index (χ0) is 33.0. The summed E-state index contributed by atoms with van der Waals surface area (Å²) in [4.78, 5) is 40.9. The SMILES string of the molecule is CCOc1ccccc1NC(=O)C(Sc1ccc(NC(=O)/C(=C/c2cccc(Br)c2)NC(=O)c2ccccc2)cc1)c1ccccc1. The van der Waals surface area contributed by atoms with Gasteiger partial charge in [-0.25, -0.2) is 0 Å². The van der Waals surface area contributed by atoms with Gasteiger partial charge in [-0.05, 0) is 84.8 Å². The van der Waals surface area contributed by atoms with Gasteiger partial charge in [0.15, 0.2) is 0 Å². The predicted octanol–water partition coefficient (Wildman–Crippen LogP) is 8.73. The Labute approximate surface area is 286 Å². The summed E-state index contributed by atoms with van der Waals surface area (Å²) < 4.78 is 6.54. The number of amides is 3. The quantitative estimate of drug-likeness (QED) is 0.0891. The Bertz CT molecular complexity index is 1870. The summed E-state index contributed by atoms with van der Waals surface area (Å²) in [5.74, 6) is -0.470. The van der Waals surface area contributed by atoms with Crippen molar-refractivity contribution >= 4 is 62.9 Å². The maximum absolute atomic E-state index is 13.6. The molecule has 0 heterocycles. The zero-order valence-corrected chi connectivity index (χ0v) is 27.9. The molecule has 1 atom stereocenters. The van der Waals surface area contributed by atoms with Gasteiger partial charge in [-0.3, -0.25) is 14.4 Å². The van der Waals surface area contributed by atoms with E-state index in [2.05, 4.69) is 31.9 Å². The molecule has 1 unspecified atom stereocenters. The van der Waals surface area contributed by atoms with Crippen molar-refractivity contribution in [3.8, 4) is 5.75 Å². The number of anilines is 2. The number of carbonyl (C=O) groups is 3. The smallest absolute Gasteiger partial charge is 0.272 e. The second kappa shape index (κ2) is 16.4. The maximum atomic E-state index is 13.6. The molecule has 5 rings (SSSR count). The van der Waals surface area contributed by atoms with E-state index < -0.39 is 17.1 Å². The minimum atomic E-state index is -0.556. The summed E-state index contributed by atoms with van der Waals surface area (Å²) in [6.45, 7) is 2.38. The van der Waals surface area contributed by atoms with Crippen LogP contribution in [0.5, 0.6) is 5.75 Å². The average molecular weight is 707 g/mol. The number of para-hydroxylation sites is 2. The molecule has 0 spiro atoms. The highest BCUT2D eigenvalue weighted by Gasteiger charge is 2.23. The van der Waals surface area contributed by atoms with Crippen LogP contribution in [-0.2, 0) is 9.59 Å². The lowest BCUT2D eigenvalue weighted by atomic mass is 10.1. The summed E-state index contributed by atoms with van der Waals surface area (Å²) in [7, 11) is 0. The summed E-state index contributed by atoms with van der Waals surface area (Å²) >= 11 is 4.85. The Balaban J connectivity index is 1.33. The number of hydrogen-bond donors (Lipinski definition) is 3. The van der Waals surface area contributed by atoms with Crippen LogP contribution < -0.4 is 20.7 Å². The third kappa shape index (κ3) is 9.45. The molecule has 236 valence electrons. The van der Waals surface area contributed by atoms with Gasteiger partial charge in [-0.2, -0.15) is 0 Å². The predicted molar refractivity (Wildman–Crippen MR) is 192 cm³/mol. The first-order chi connectivity index (χ1) is 22.9. The van der Waals surface area contributed by atoms with Crippen LogP contribution in [0.15, 0.2) is 149 Å². The number of rotatable bonds is 12. The second-order valence-electron chi connectivity index (χ2n) is 10.2. The van der Waals surface area contributed by atoms with E-state index in [4.69, 9.17) is 4.74 Å². The summed E-state index contributed by atoms with van der Waals surface area (Å²) in [6, 6.07) is 40.2. The van der Waals surface area contributed by atoms with E-state index in [0.29, 0.717) is 29.3 Å². The molecule has 0 saturated carbocycles. The molecule has 0 radical (unpaired) electrons. The number of hydrogen-bond acceptors (Lipinski definition) is 5. The van der Waals surface area contributed by atoms with Crippen LogP contribution in [0.3, 0.4) is 0 Å². The van der Waals surface area contributed by atoms with E-state index in [0.717, 1.165) is 20.5 Å². The monoisotopic (exact) mass is 705 g/mol. The number of halogens is 1. The fraction of sp³-hybridized carbons (Fsp3) is 0.0789. The molecule has 0 bridgehead atoms. The van der Waals surface area contributed by atoms with Crippen molar-refractivity contribution in [2.75, 3.05) is 17.2 Å². The van der Waals surface area contributed by atoms with E-state index in [9.17, 15) is 14.4 Å². The van der Waals surface area contributed by atoms with Gasteiger partial charge in [0.2, 0.25) is 5.91 Å². The molecule has 9 heteroatoms. The highest BCUT2D eigenvalue weighted by molar-refractivity contribution is 9.10. The number of thioether (sulfide) groups is 1. The highest BCUT2D eigenvalue weighted by atomic mass is 79.9. The summed E-state index contributed by atoms with van der Waals surface area (Å²) in [5, 5.41) is 8.12. The molecule has 0 fully saturated rings. The van der Waals surface area contributed by atoms with Crippen LogP contribution >= 0.6 is 27.7 Å². The Morgan fingerprint density at radius 3 is 2.17 bits per heavy atom. The van der Waals surface area contributed by atoms with Crippen molar-refractivity contribution < 1.29 is 19.1 Å². The van der Waals surface area contributed by atoms with Gasteiger partial charge < -0.3 is 20.7 Å². The van der Waals surface area contributed by atoms with E-state index in [-0.39, 0.29) is 11.6 Å². The van der Waals surface area contributed by atoms with Crippen LogP contribution in [0.4, 0.5) is 11.4 Å². The van der Waals surface area contributed by atoms with Crippen LogP contribution in [0.25, 0.3) is 6.08 Å². The third-order valence-corrected chi connectivity index (χ3v) is 8.60. The van der Waals surface area contributed by atoms with Gasteiger partial charge in [-0.15, -0.1) is 11.8 Å². The highest BCUT2D eigenvalue weighted by Crippen LogP contribution is 2.37. The fourth-order valence-corrected chi connectivity index (χ4v) is 6.05. The molecule has 3 N–H and O–H groups in total. The average Bonchev–Trinajstić information content (AvgIpc) is 3.09. The number of benzene rings is 5. The molecule has 0 saturated heterocycles. The molecule has 0 aromatic heterocycles. The van der Waals surface area contributed by atoms with E-state index in [1.807, 2.05) is 104 Å². The first-order valence-corrected chi connectivity index (χ1v) is 16.6. The van der Waals surface area contributed by atoms with E-state index in [1.54, 1.807) is 42.5 Å². The molecular formula is C38H32BrN3O4S. The molecule has 0 aliphatic rings. The number of ether oxygens (including phenoxy) is 1. The molecule has 7 nitrogen and oxygen atoms in total. The first kappa shape index (κ1) is 33.2. The van der Waals surface area contributed by atoms with Gasteiger partial charge in [0.05, 0.1) is 12.3 Å². The van der Waals surface area contributed by atoms with Gasteiger partial charge in [0, 0.05) is 20.6 Å². The maximum Gasteiger partial charge on any atom is 0.272 e. The van der Waals surface area contributed by atoms with Crippen LogP contribution in [0, 0.1) is 0 Å². The van der Waals surface area contributed by atoms with Crippen molar-refractivity contribution in [1.29, 1.82) is 0 Å². The third-order valence-electron chi connectivity index (χ3n) is 6.84. The van der Waals surface area contributed by atoms with Crippen molar-refractivity contribution in [2.24, 2.45) is 0 Å².